The number of benzene rings is 2. The lowest BCUT2D eigenvalue weighted by Crippen LogP contribution is -2.54. The van der Waals surface area contributed by atoms with Gasteiger partial charge in [0.1, 0.15) is 11.5 Å². The number of likely N-dealkylation sites (tertiary alicyclic amines) is 1. The predicted octanol–water partition coefficient (Wildman–Crippen LogP) is 5.09. The van der Waals surface area contributed by atoms with E-state index in [1.54, 1.807) is 14.2 Å². The normalized spacial score (nSPS) is 27.0. The van der Waals surface area contributed by atoms with Crippen molar-refractivity contribution in [2.75, 3.05) is 27.3 Å². The molecule has 0 amide bonds. The maximum atomic E-state index is 11.5. The summed E-state index contributed by atoms with van der Waals surface area (Å²) in [6, 6.07) is 16.5. The topological polar surface area (TPSA) is 41.9 Å². The van der Waals surface area contributed by atoms with Gasteiger partial charge >= 0.3 is 0 Å². The van der Waals surface area contributed by atoms with Crippen LogP contribution in [-0.2, 0) is 0 Å². The van der Waals surface area contributed by atoms with Crippen LogP contribution >= 0.6 is 0 Å². The van der Waals surface area contributed by atoms with Crippen molar-refractivity contribution in [2.45, 2.75) is 43.7 Å². The molecule has 160 valence electrons. The van der Waals surface area contributed by atoms with Crippen LogP contribution in [-0.4, -0.2) is 42.9 Å². The fourth-order valence-electron chi connectivity index (χ4n) is 5.32. The monoisotopic (exact) mass is 407 g/mol. The molecule has 1 heterocycles. The Balaban J connectivity index is 1.67. The predicted molar refractivity (Wildman–Crippen MR) is 121 cm³/mol. The van der Waals surface area contributed by atoms with Gasteiger partial charge in [0.2, 0.25) is 0 Å². The Morgan fingerprint density at radius 3 is 2.67 bits per heavy atom. The first-order chi connectivity index (χ1) is 14.6. The van der Waals surface area contributed by atoms with Crippen LogP contribution in [0.4, 0.5) is 0 Å². The molecule has 0 unspecified atom stereocenters. The van der Waals surface area contributed by atoms with E-state index in [0.717, 1.165) is 55.8 Å². The summed E-state index contributed by atoms with van der Waals surface area (Å²) in [5.74, 6) is 1.90. The zero-order chi connectivity index (χ0) is 21.0. The third kappa shape index (κ3) is 4.26. The minimum atomic E-state index is -0.587. The van der Waals surface area contributed by atoms with Crippen molar-refractivity contribution in [3.63, 3.8) is 0 Å². The second-order valence-electron chi connectivity index (χ2n) is 8.57. The quantitative estimate of drug-likeness (QED) is 0.725. The molecule has 4 rings (SSSR count). The number of methoxy groups -OCH3 is 2. The SMILES string of the molecule is COc1ccc(OC)c([C@H]2[C@@H]3CCCC[C@@]3(O)CCN2C/C=C/c2ccccc2)c1. The third-order valence-electron chi connectivity index (χ3n) is 6.88. The van der Waals surface area contributed by atoms with Gasteiger partial charge < -0.3 is 14.6 Å². The van der Waals surface area contributed by atoms with Crippen LogP contribution in [0.25, 0.3) is 6.08 Å². The first-order valence-corrected chi connectivity index (χ1v) is 11.0. The second kappa shape index (κ2) is 9.23. The average Bonchev–Trinajstić information content (AvgIpc) is 2.79. The highest BCUT2D eigenvalue weighted by molar-refractivity contribution is 5.49. The van der Waals surface area contributed by atoms with Crippen LogP contribution in [0.5, 0.6) is 11.5 Å². The molecule has 1 aliphatic heterocycles. The Morgan fingerprint density at radius 2 is 1.90 bits per heavy atom. The summed E-state index contributed by atoms with van der Waals surface area (Å²) in [7, 11) is 3.42. The van der Waals surface area contributed by atoms with Crippen molar-refractivity contribution in [3.05, 3.63) is 65.7 Å². The van der Waals surface area contributed by atoms with Crippen molar-refractivity contribution in [2.24, 2.45) is 5.92 Å². The number of nitrogens with zero attached hydrogens (tertiary/aromatic N) is 1. The average molecular weight is 408 g/mol. The van der Waals surface area contributed by atoms with Crippen molar-refractivity contribution in [3.8, 4) is 11.5 Å². The zero-order valence-electron chi connectivity index (χ0n) is 18.1. The van der Waals surface area contributed by atoms with Crippen molar-refractivity contribution in [1.82, 2.24) is 4.90 Å². The Kier molecular flexibility index (Phi) is 6.45. The highest BCUT2D eigenvalue weighted by Crippen LogP contribution is 2.51. The van der Waals surface area contributed by atoms with Gasteiger partial charge in [-0.25, -0.2) is 0 Å². The molecule has 0 aromatic heterocycles. The molecule has 0 radical (unpaired) electrons. The minimum absolute atomic E-state index is 0.106. The van der Waals surface area contributed by atoms with Gasteiger partial charge in [0, 0.05) is 30.6 Å². The van der Waals surface area contributed by atoms with E-state index in [-0.39, 0.29) is 12.0 Å². The molecule has 1 saturated heterocycles. The van der Waals surface area contributed by atoms with E-state index in [1.165, 1.54) is 12.0 Å². The lowest BCUT2D eigenvalue weighted by Gasteiger charge is -2.52. The molecule has 4 nitrogen and oxygen atoms in total. The van der Waals surface area contributed by atoms with Crippen LogP contribution in [0.2, 0.25) is 0 Å². The van der Waals surface area contributed by atoms with Gasteiger partial charge in [0.05, 0.1) is 19.8 Å². The van der Waals surface area contributed by atoms with Crippen LogP contribution in [0.1, 0.15) is 49.3 Å². The van der Waals surface area contributed by atoms with Gasteiger partial charge in [0.15, 0.2) is 0 Å². The molecule has 4 heteroatoms. The molecule has 2 aliphatic rings. The largest absolute Gasteiger partial charge is 0.497 e. The van der Waals surface area contributed by atoms with Crippen molar-refractivity contribution in [1.29, 1.82) is 0 Å². The highest BCUT2D eigenvalue weighted by atomic mass is 16.5. The van der Waals surface area contributed by atoms with Crippen LogP contribution in [0, 0.1) is 5.92 Å². The molecule has 30 heavy (non-hydrogen) atoms. The van der Waals surface area contributed by atoms with E-state index in [2.05, 4.69) is 47.4 Å². The van der Waals surface area contributed by atoms with E-state index >= 15 is 0 Å². The van der Waals surface area contributed by atoms with Gasteiger partial charge in [-0.3, -0.25) is 4.90 Å². The summed E-state index contributed by atoms with van der Waals surface area (Å²) in [4.78, 5) is 2.50. The van der Waals surface area contributed by atoms with Crippen molar-refractivity contribution >= 4 is 6.08 Å². The summed E-state index contributed by atoms with van der Waals surface area (Å²) >= 11 is 0. The van der Waals surface area contributed by atoms with Gasteiger partial charge in [0.25, 0.3) is 0 Å². The number of rotatable bonds is 6. The molecule has 2 aromatic carbocycles. The third-order valence-corrected chi connectivity index (χ3v) is 6.88. The maximum Gasteiger partial charge on any atom is 0.123 e. The zero-order valence-corrected chi connectivity index (χ0v) is 18.1. The van der Waals surface area contributed by atoms with Crippen LogP contribution in [0.3, 0.4) is 0 Å². The fourth-order valence-corrected chi connectivity index (χ4v) is 5.32. The minimum Gasteiger partial charge on any atom is -0.497 e. The first kappa shape index (κ1) is 21.0. The number of hydrogen-bond donors (Lipinski definition) is 1. The first-order valence-electron chi connectivity index (χ1n) is 11.0. The molecular weight excluding hydrogens is 374 g/mol. The Morgan fingerprint density at radius 1 is 1.07 bits per heavy atom. The summed E-state index contributed by atoms with van der Waals surface area (Å²) in [5, 5.41) is 11.5. The lowest BCUT2D eigenvalue weighted by atomic mass is 9.66. The standard InChI is InChI=1S/C26H33NO3/c1-29-21-13-14-24(30-2)22(19-21)25-23-12-6-7-15-26(23,28)16-18-27(25)17-8-11-20-9-4-3-5-10-20/h3-5,8-11,13-14,19,23,25,28H,6-7,12,15-18H2,1-2H3/b11-8+/t23-,25-,26+/m0/s1. The number of piperidine rings is 1. The van der Waals surface area contributed by atoms with Crippen LogP contribution in [0.15, 0.2) is 54.6 Å². The molecular formula is C26H33NO3. The van der Waals surface area contributed by atoms with Crippen molar-refractivity contribution < 1.29 is 14.6 Å². The molecule has 0 bridgehead atoms. The molecule has 1 aliphatic carbocycles. The Hall–Kier alpha value is -2.30. The molecule has 0 spiro atoms. The number of fused-ring (bicyclic) bond motifs is 1. The number of hydrogen-bond acceptors (Lipinski definition) is 4. The highest BCUT2D eigenvalue weighted by Gasteiger charge is 2.49. The Bertz CT molecular complexity index is 866. The number of ether oxygens (including phenoxy) is 2. The summed E-state index contributed by atoms with van der Waals surface area (Å²) in [6.07, 6.45) is 9.48. The smallest absolute Gasteiger partial charge is 0.123 e. The maximum absolute atomic E-state index is 11.5. The molecule has 2 fully saturated rings. The molecule has 3 atom stereocenters. The second-order valence-corrected chi connectivity index (χ2v) is 8.57. The van der Waals surface area contributed by atoms with E-state index < -0.39 is 5.60 Å². The molecule has 2 aromatic rings. The van der Waals surface area contributed by atoms with E-state index in [1.807, 2.05) is 18.2 Å². The summed E-state index contributed by atoms with van der Waals surface area (Å²) < 4.78 is 11.3. The summed E-state index contributed by atoms with van der Waals surface area (Å²) in [5.41, 5.74) is 1.74. The van der Waals surface area contributed by atoms with Gasteiger partial charge in [-0.1, -0.05) is 55.3 Å². The van der Waals surface area contributed by atoms with Gasteiger partial charge in [-0.2, -0.15) is 0 Å². The number of aliphatic hydroxyl groups is 1. The van der Waals surface area contributed by atoms with Gasteiger partial charge in [-0.05, 0) is 43.0 Å². The lowest BCUT2D eigenvalue weighted by molar-refractivity contribution is -0.122. The molecule has 1 saturated carbocycles. The Labute approximate surface area is 180 Å². The van der Waals surface area contributed by atoms with E-state index in [4.69, 9.17) is 9.47 Å². The van der Waals surface area contributed by atoms with E-state index in [0.29, 0.717) is 0 Å². The van der Waals surface area contributed by atoms with E-state index in [9.17, 15) is 5.11 Å². The summed E-state index contributed by atoms with van der Waals surface area (Å²) in [6.45, 7) is 1.71. The molecule has 1 N–H and O–H groups in total. The van der Waals surface area contributed by atoms with Gasteiger partial charge in [-0.15, -0.1) is 0 Å². The fraction of sp³-hybridized carbons (Fsp3) is 0.462. The van der Waals surface area contributed by atoms with Crippen LogP contribution < -0.4 is 9.47 Å².